The molecule has 0 aliphatic heterocycles. The minimum atomic E-state index is -0.609. The highest BCUT2D eigenvalue weighted by atomic mass is 19.1. The van der Waals surface area contributed by atoms with Crippen molar-refractivity contribution in [2.75, 3.05) is 0 Å². The van der Waals surface area contributed by atoms with Gasteiger partial charge in [0.2, 0.25) is 0 Å². The summed E-state index contributed by atoms with van der Waals surface area (Å²) in [7, 11) is 0. The van der Waals surface area contributed by atoms with Crippen LogP contribution >= 0.6 is 0 Å². The molecule has 0 aliphatic rings. The van der Waals surface area contributed by atoms with Crippen LogP contribution in [0.5, 0.6) is 0 Å². The Hall–Kier alpha value is -1.75. The average molecular weight is 265 g/mol. The summed E-state index contributed by atoms with van der Waals surface area (Å²) in [6.07, 6.45) is 5.05. The molecule has 1 atom stereocenters. The summed E-state index contributed by atoms with van der Waals surface area (Å²) in [5, 5.41) is 0. The summed E-state index contributed by atoms with van der Waals surface area (Å²) >= 11 is 0. The Labute approximate surface area is 111 Å². The van der Waals surface area contributed by atoms with E-state index in [9.17, 15) is 8.78 Å². The number of rotatable bonds is 5. The van der Waals surface area contributed by atoms with Crippen LogP contribution in [0.1, 0.15) is 30.8 Å². The summed E-state index contributed by atoms with van der Waals surface area (Å²) in [5.74, 6) is -0.385. The van der Waals surface area contributed by atoms with E-state index < -0.39 is 17.7 Å². The van der Waals surface area contributed by atoms with E-state index in [4.69, 9.17) is 5.73 Å². The standard InChI is InChI=1S/C14H17F2N3/c1-2-4-19-5-3-18-14(19)9-13(17)10-6-11(15)8-12(16)7-10/h3,5-8,13H,2,4,9,17H2,1H3. The van der Waals surface area contributed by atoms with Crippen LogP contribution in [0.25, 0.3) is 0 Å². The number of hydrogen-bond donors (Lipinski definition) is 1. The Morgan fingerprint density at radius 3 is 2.58 bits per heavy atom. The van der Waals surface area contributed by atoms with Gasteiger partial charge < -0.3 is 10.3 Å². The highest BCUT2D eigenvalue weighted by molar-refractivity contribution is 5.22. The highest BCUT2D eigenvalue weighted by Crippen LogP contribution is 2.18. The molecule has 5 heteroatoms. The molecule has 1 aromatic heterocycles. The molecule has 1 heterocycles. The summed E-state index contributed by atoms with van der Waals surface area (Å²) < 4.78 is 28.3. The van der Waals surface area contributed by atoms with Gasteiger partial charge in [-0.25, -0.2) is 13.8 Å². The molecule has 0 fully saturated rings. The van der Waals surface area contributed by atoms with Crippen molar-refractivity contribution in [1.82, 2.24) is 9.55 Å². The van der Waals surface area contributed by atoms with E-state index in [2.05, 4.69) is 11.9 Å². The van der Waals surface area contributed by atoms with Crippen LogP contribution in [-0.4, -0.2) is 9.55 Å². The molecule has 2 N–H and O–H groups in total. The smallest absolute Gasteiger partial charge is 0.126 e. The Balaban J connectivity index is 2.15. The number of aryl methyl sites for hydroxylation is 1. The van der Waals surface area contributed by atoms with Crippen LogP contribution in [-0.2, 0) is 13.0 Å². The lowest BCUT2D eigenvalue weighted by atomic mass is 10.0. The minimum Gasteiger partial charge on any atom is -0.335 e. The molecule has 0 aliphatic carbocycles. The first kappa shape index (κ1) is 13.7. The van der Waals surface area contributed by atoms with Crippen molar-refractivity contribution in [3.05, 3.63) is 53.6 Å². The molecule has 0 bridgehead atoms. The molecule has 1 aromatic carbocycles. The van der Waals surface area contributed by atoms with Crippen LogP contribution in [0.15, 0.2) is 30.6 Å². The van der Waals surface area contributed by atoms with Gasteiger partial charge in [-0.3, -0.25) is 0 Å². The average Bonchev–Trinajstić information content (AvgIpc) is 2.76. The maximum absolute atomic E-state index is 13.2. The molecule has 0 radical (unpaired) electrons. The van der Waals surface area contributed by atoms with Crippen LogP contribution in [0.4, 0.5) is 8.78 Å². The molecular formula is C14H17F2N3. The quantitative estimate of drug-likeness (QED) is 0.903. The molecular weight excluding hydrogens is 248 g/mol. The maximum atomic E-state index is 13.2. The zero-order valence-electron chi connectivity index (χ0n) is 10.8. The van der Waals surface area contributed by atoms with Crippen molar-refractivity contribution in [2.45, 2.75) is 32.4 Å². The lowest BCUT2D eigenvalue weighted by Gasteiger charge is -2.13. The third kappa shape index (κ3) is 3.38. The normalized spacial score (nSPS) is 12.6. The van der Waals surface area contributed by atoms with Gasteiger partial charge in [0.15, 0.2) is 0 Å². The first-order valence-corrected chi connectivity index (χ1v) is 6.31. The third-order valence-corrected chi connectivity index (χ3v) is 2.98. The molecule has 0 saturated heterocycles. The zero-order chi connectivity index (χ0) is 13.8. The Morgan fingerprint density at radius 1 is 1.26 bits per heavy atom. The molecule has 3 nitrogen and oxygen atoms in total. The number of hydrogen-bond acceptors (Lipinski definition) is 2. The number of benzene rings is 1. The van der Waals surface area contributed by atoms with Crippen LogP contribution in [0, 0.1) is 11.6 Å². The molecule has 1 unspecified atom stereocenters. The van der Waals surface area contributed by atoms with Crippen LogP contribution < -0.4 is 5.73 Å². The van der Waals surface area contributed by atoms with Gasteiger partial charge in [0, 0.05) is 37.5 Å². The molecule has 0 spiro atoms. The van der Waals surface area contributed by atoms with Crippen molar-refractivity contribution < 1.29 is 8.78 Å². The van der Waals surface area contributed by atoms with Crippen LogP contribution in [0.2, 0.25) is 0 Å². The van der Waals surface area contributed by atoms with Crippen molar-refractivity contribution in [3.8, 4) is 0 Å². The van der Waals surface area contributed by atoms with Crippen molar-refractivity contribution in [1.29, 1.82) is 0 Å². The molecule has 102 valence electrons. The number of nitrogens with zero attached hydrogens (tertiary/aromatic N) is 2. The van der Waals surface area contributed by atoms with Gasteiger partial charge in [0.1, 0.15) is 17.5 Å². The van der Waals surface area contributed by atoms with E-state index in [1.54, 1.807) is 6.20 Å². The lowest BCUT2D eigenvalue weighted by Crippen LogP contribution is -2.17. The van der Waals surface area contributed by atoms with E-state index >= 15 is 0 Å². The van der Waals surface area contributed by atoms with E-state index in [0.29, 0.717) is 12.0 Å². The number of imidazole rings is 1. The molecule has 0 saturated carbocycles. The Morgan fingerprint density at radius 2 is 1.95 bits per heavy atom. The van der Waals surface area contributed by atoms with Gasteiger partial charge in [-0.2, -0.15) is 0 Å². The first-order valence-electron chi connectivity index (χ1n) is 6.31. The summed E-state index contributed by atoms with van der Waals surface area (Å²) in [6.45, 7) is 2.94. The Kier molecular flexibility index (Phi) is 4.27. The summed E-state index contributed by atoms with van der Waals surface area (Å²) in [5.41, 5.74) is 6.45. The molecule has 0 amide bonds. The molecule has 2 aromatic rings. The van der Waals surface area contributed by atoms with E-state index in [1.165, 1.54) is 12.1 Å². The lowest BCUT2D eigenvalue weighted by molar-refractivity contribution is 0.564. The molecule has 2 rings (SSSR count). The van der Waals surface area contributed by atoms with Crippen LogP contribution in [0.3, 0.4) is 0 Å². The van der Waals surface area contributed by atoms with Gasteiger partial charge in [0.05, 0.1) is 0 Å². The van der Waals surface area contributed by atoms with Gasteiger partial charge in [-0.15, -0.1) is 0 Å². The highest BCUT2D eigenvalue weighted by Gasteiger charge is 2.13. The van der Waals surface area contributed by atoms with E-state index in [1.807, 2.05) is 10.8 Å². The predicted molar refractivity (Wildman–Crippen MR) is 69.5 cm³/mol. The predicted octanol–water partition coefficient (Wildman–Crippen LogP) is 2.81. The largest absolute Gasteiger partial charge is 0.335 e. The zero-order valence-corrected chi connectivity index (χ0v) is 10.8. The van der Waals surface area contributed by atoms with Crippen molar-refractivity contribution >= 4 is 0 Å². The van der Waals surface area contributed by atoms with Gasteiger partial charge >= 0.3 is 0 Å². The van der Waals surface area contributed by atoms with E-state index in [0.717, 1.165) is 24.9 Å². The third-order valence-electron chi connectivity index (χ3n) is 2.98. The van der Waals surface area contributed by atoms with E-state index in [-0.39, 0.29) is 0 Å². The monoisotopic (exact) mass is 265 g/mol. The van der Waals surface area contributed by atoms with Gasteiger partial charge in [-0.05, 0) is 24.1 Å². The number of aromatic nitrogens is 2. The fraction of sp³-hybridized carbons (Fsp3) is 0.357. The maximum Gasteiger partial charge on any atom is 0.126 e. The topological polar surface area (TPSA) is 43.8 Å². The fourth-order valence-corrected chi connectivity index (χ4v) is 2.08. The number of nitrogens with two attached hydrogens (primary N) is 1. The van der Waals surface area contributed by atoms with Gasteiger partial charge in [0.25, 0.3) is 0 Å². The summed E-state index contributed by atoms with van der Waals surface area (Å²) in [4.78, 5) is 4.24. The second-order valence-corrected chi connectivity index (χ2v) is 4.55. The van der Waals surface area contributed by atoms with Crippen molar-refractivity contribution in [3.63, 3.8) is 0 Å². The fourth-order valence-electron chi connectivity index (χ4n) is 2.08. The van der Waals surface area contributed by atoms with Gasteiger partial charge in [-0.1, -0.05) is 6.92 Å². The SMILES string of the molecule is CCCn1ccnc1CC(N)c1cc(F)cc(F)c1. The van der Waals surface area contributed by atoms with Crippen molar-refractivity contribution in [2.24, 2.45) is 5.73 Å². The first-order chi connectivity index (χ1) is 9.10. The minimum absolute atomic E-state index is 0.448. The second kappa shape index (κ2) is 5.93. The Bertz CT molecular complexity index is 531. The molecule has 19 heavy (non-hydrogen) atoms. The second-order valence-electron chi connectivity index (χ2n) is 4.55. The summed E-state index contributed by atoms with van der Waals surface area (Å²) in [6, 6.07) is 2.90. The number of halogens is 2.